The minimum absolute atomic E-state index is 0.125. The van der Waals surface area contributed by atoms with Crippen molar-refractivity contribution in [3.63, 3.8) is 0 Å². The minimum Gasteiger partial charge on any atom is -0.497 e. The monoisotopic (exact) mass is 463 g/mol. The molecule has 0 spiro atoms. The largest absolute Gasteiger partial charge is 0.497 e. The van der Waals surface area contributed by atoms with E-state index in [1.807, 2.05) is 72.8 Å². The first-order chi connectivity index (χ1) is 15.5. The summed E-state index contributed by atoms with van der Waals surface area (Å²) >= 11 is 2.85. The maximum atomic E-state index is 13.3. The van der Waals surface area contributed by atoms with E-state index in [0.717, 1.165) is 26.4 Å². The lowest BCUT2D eigenvalue weighted by molar-refractivity contribution is -0.116. The van der Waals surface area contributed by atoms with Crippen LogP contribution in [0, 0.1) is 0 Å². The van der Waals surface area contributed by atoms with E-state index in [0.29, 0.717) is 10.8 Å². The fraction of sp³-hybridized carbons (Fsp3) is 0.125. The maximum Gasteiger partial charge on any atom is 0.244 e. The predicted molar refractivity (Wildman–Crippen MR) is 131 cm³/mol. The number of rotatable bonds is 7. The van der Waals surface area contributed by atoms with Crippen LogP contribution in [0.4, 0.5) is 10.8 Å². The van der Waals surface area contributed by atoms with E-state index in [1.165, 1.54) is 30.0 Å². The molecule has 0 saturated heterocycles. The van der Waals surface area contributed by atoms with Crippen LogP contribution in [-0.4, -0.2) is 23.9 Å². The van der Waals surface area contributed by atoms with Crippen LogP contribution >= 0.6 is 23.1 Å². The molecule has 2 N–H and O–H groups in total. The van der Waals surface area contributed by atoms with Gasteiger partial charge in [-0.2, -0.15) is 0 Å². The lowest BCUT2D eigenvalue weighted by Gasteiger charge is -2.16. The molecular weight excluding hydrogens is 442 g/mol. The van der Waals surface area contributed by atoms with Gasteiger partial charge in [0.2, 0.25) is 11.8 Å². The normalized spacial score (nSPS) is 11.7. The standard InChI is InChI=1S/C24H21N3O3S2/c1-15(28)25-17-8-11-19(12-9-17)31-22(16-6-4-3-5-7-16)23(29)27-24-26-20-13-10-18(30-2)14-21(20)32-24/h3-14,22H,1-2H3,(H,25,28)(H,26,27,29). The van der Waals surface area contributed by atoms with Crippen molar-refractivity contribution in [3.8, 4) is 5.75 Å². The Labute approximate surface area is 194 Å². The summed E-state index contributed by atoms with van der Waals surface area (Å²) in [6.07, 6.45) is 0. The number of benzene rings is 3. The van der Waals surface area contributed by atoms with Crippen molar-refractivity contribution in [3.05, 3.63) is 78.4 Å². The Bertz CT molecular complexity index is 1240. The number of nitrogens with one attached hydrogen (secondary N) is 2. The molecular formula is C24H21N3O3S2. The fourth-order valence-corrected chi connectivity index (χ4v) is 5.04. The molecule has 1 unspecified atom stereocenters. The first-order valence-corrected chi connectivity index (χ1v) is 11.6. The van der Waals surface area contributed by atoms with Gasteiger partial charge in [0.1, 0.15) is 11.0 Å². The average molecular weight is 464 g/mol. The van der Waals surface area contributed by atoms with E-state index in [9.17, 15) is 9.59 Å². The van der Waals surface area contributed by atoms with Gasteiger partial charge in [0.25, 0.3) is 0 Å². The average Bonchev–Trinajstić information content (AvgIpc) is 3.20. The predicted octanol–water partition coefficient (Wildman–Crippen LogP) is 5.74. The summed E-state index contributed by atoms with van der Waals surface area (Å²) < 4.78 is 6.21. The van der Waals surface area contributed by atoms with Crippen LogP contribution in [0.5, 0.6) is 5.75 Å². The molecule has 0 bridgehead atoms. The van der Waals surface area contributed by atoms with Crippen molar-refractivity contribution in [1.29, 1.82) is 0 Å². The molecule has 162 valence electrons. The molecule has 0 aliphatic rings. The van der Waals surface area contributed by atoms with Crippen molar-refractivity contribution in [2.75, 3.05) is 17.7 Å². The highest BCUT2D eigenvalue weighted by molar-refractivity contribution is 8.00. The van der Waals surface area contributed by atoms with Crippen molar-refractivity contribution >= 4 is 55.9 Å². The molecule has 0 aliphatic heterocycles. The highest BCUT2D eigenvalue weighted by Crippen LogP contribution is 2.37. The van der Waals surface area contributed by atoms with Crippen LogP contribution in [0.2, 0.25) is 0 Å². The van der Waals surface area contributed by atoms with Gasteiger partial charge < -0.3 is 15.4 Å². The molecule has 1 heterocycles. The van der Waals surface area contributed by atoms with Gasteiger partial charge >= 0.3 is 0 Å². The Hall–Kier alpha value is -3.36. The van der Waals surface area contributed by atoms with Gasteiger partial charge in [-0.05, 0) is 48.0 Å². The van der Waals surface area contributed by atoms with Gasteiger partial charge in [0.15, 0.2) is 5.13 Å². The number of ether oxygens (including phenoxy) is 1. The van der Waals surface area contributed by atoms with E-state index in [-0.39, 0.29) is 11.8 Å². The van der Waals surface area contributed by atoms with Crippen LogP contribution in [0.3, 0.4) is 0 Å². The first kappa shape index (κ1) is 21.9. The molecule has 8 heteroatoms. The molecule has 1 atom stereocenters. The second-order valence-corrected chi connectivity index (χ2v) is 9.17. The molecule has 3 aromatic carbocycles. The second kappa shape index (κ2) is 9.84. The fourth-order valence-electron chi connectivity index (χ4n) is 3.11. The molecule has 0 fully saturated rings. The van der Waals surface area contributed by atoms with Crippen molar-refractivity contribution in [1.82, 2.24) is 4.98 Å². The van der Waals surface area contributed by atoms with Crippen LogP contribution in [-0.2, 0) is 9.59 Å². The number of carbonyl (C=O) groups is 2. The van der Waals surface area contributed by atoms with Gasteiger partial charge in [-0.3, -0.25) is 9.59 Å². The van der Waals surface area contributed by atoms with Gasteiger partial charge in [-0.15, -0.1) is 11.8 Å². The number of methoxy groups -OCH3 is 1. The third-order valence-corrected chi connectivity index (χ3v) is 6.79. The maximum absolute atomic E-state index is 13.3. The summed E-state index contributed by atoms with van der Waals surface area (Å²) in [5, 5.41) is 5.80. The SMILES string of the molecule is COc1ccc2nc(NC(=O)C(Sc3ccc(NC(C)=O)cc3)c3ccccc3)sc2c1. The lowest BCUT2D eigenvalue weighted by atomic mass is 10.1. The molecule has 1 aromatic heterocycles. The smallest absolute Gasteiger partial charge is 0.244 e. The molecule has 4 rings (SSSR count). The van der Waals surface area contributed by atoms with E-state index in [2.05, 4.69) is 15.6 Å². The van der Waals surface area contributed by atoms with Gasteiger partial charge in [0, 0.05) is 17.5 Å². The Kier molecular flexibility index (Phi) is 6.72. The Balaban J connectivity index is 1.56. The number of anilines is 2. The topological polar surface area (TPSA) is 80.3 Å². The zero-order valence-electron chi connectivity index (χ0n) is 17.5. The Morgan fingerprint density at radius 2 is 1.75 bits per heavy atom. The zero-order chi connectivity index (χ0) is 22.5. The lowest BCUT2D eigenvalue weighted by Crippen LogP contribution is -2.18. The number of amides is 2. The van der Waals surface area contributed by atoms with Gasteiger partial charge in [-0.1, -0.05) is 41.7 Å². The Morgan fingerprint density at radius 3 is 2.44 bits per heavy atom. The molecule has 32 heavy (non-hydrogen) atoms. The number of carbonyl (C=O) groups excluding carboxylic acids is 2. The number of fused-ring (bicyclic) bond motifs is 1. The number of nitrogens with zero attached hydrogens (tertiary/aromatic N) is 1. The molecule has 0 saturated carbocycles. The third kappa shape index (κ3) is 5.27. The van der Waals surface area contributed by atoms with Crippen LogP contribution < -0.4 is 15.4 Å². The summed E-state index contributed by atoms with van der Waals surface area (Å²) in [5.74, 6) is 0.470. The summed E-state index contributed by atoms with van der Waals surface area (Å²) in [5.41, 5.74) is 2.42. The Morgan fingerprint density at radius 1 is 1.00 bits per heavy atom. The molecule has 2 amide bonds. The summed E-state index contributed by atoms with van der Waals surface area (Å²) in [7, 11) is 1.62. The molecule has 0 radical (unpaired) electrons. The molecule has 4 aromatic rings. The summed E-state index contributed by atoms with van der Waals surface area (Å²) in [6, 6.07) is 22.7. The van der Waals surface area contributed by atoms with Crippen molar-refractivity contribution in [2.45, 2.75) is 17.1 Å². The van der Waals surface area contributed by atoms with E-state index < -0.39 is 5.25 Å². The van der Waals surface area contributed by atoms with E-state index in [4.69, 9.17) is 4.74 Å². The molecule has 6 nitrogen and oxygen atoms in total. The van der Waals surface area contributed by atoms with Crippen molar-refractivity contribution < 1.29 is 14.3 Å². The number of thiazole rings is 1. The zero-order valence-corrected chi connectivity index (χ0v) is 19.1. The second-order valence-electron chi connectivity index (χ2n) is 6.96. The molecule has 0 aliphatic carbocycles. The van der Waals surface area contributed by atoms with Gasteiger partial charge in [0.05, 0.1) is 17.3 Å². The highest BCUT2D eigenvalue weighted by Gasteiger charge is 2.23. The van der Waals surface area contributed by atoms with Gasteiger partial charge in [-0.25, -0.2) is 4.98 Å². The van der Waals surface area contributed by atoms with Crippen LogP contribution in [0.25, 0.3) is 10.2 Å². The number of thioether (sulfide) groups is 1. The first-order valence-electron chi connectivity index (χ1n) is 9.86. The summed E-state index contributed by atoms with van der Waals surface area (Å²) in [4.78, 5) is 30.0. The van der Waals surface area contributed by atoms with E-state index in [1.54, 1.807) is 7.11 Å². The number of hydrogen-bond donors (Lipinski definition) is 2. The van der Waals surface area contributed by atoms with E-state index >= 15 is 0 Å². The summed E-state index contributed by atoms with van der Waals surface area (Å²) in [6.45, 7) is 1.47. The highest BCUT2D eigenvalue weighted by atomic mass is 32.2. The quantitative estimate of drug-likeness (QED) is 0.342. The third-order valence-electron chi connectivity index (χ3n) is 4.59. The van der Waals surface area contributed by atoms with Crippen LogP contribution in [0.1, 0.15) is 17.7 Å². The van der Waals surface area contributed by atoms with Crippen LogP contribution in [0.15, 0.2) is 77.7 Å². The number of hydrogen-bond acceptors (Lipinski definition) is 6. The van der Waals surface area contributed by atoms with Crippen molar-refractivity contribution in [2.24, 2.45) is 0 Å². The number of aromatic nitrogens is 1. The minimum atomic E-state index is -0.468.